The number of nitrogens with one attached hydrogen (secondary N) is 1. The highest BCUT2D eigenvalue weighted by Crippen LogP contribution is 2.24. The second-order valence-electron chi connectivity index (χ2n) is 5.77. The van der Waals surface area contributed by atoms with Crippen molar-refractivity contribution in [2.45, 2.75) is 6.04 Å². The van der Waals surface area contributed by atoms with E-state index in [0.29, 0.717) is 22.7 Å². The van der Waals surface area contributed by atoms with Gasteiger partial charge in [-0.2, -0.15) is 5.26 Å². The first-order chi connectivity index (χ1) is 12.6. The maximum absolute atomic E-state index is 12.8. The zero-order chi connectivity index (χ0) is 18.5. The van der Waals surface area contributed by atoms with E-state index in [1.165, 1.54) is 0 Å². The van der Waals surface area contributed by atoms with Gasteiger partial charge in [0.2, 0.25) is 0 Å². The van der Waals surface area contributed by atoms with Gasteiger partial charge >= 0.3 is 0 Å². The van der Waals surface area contributed by atoms with Gasteiger partial charge in [0, 0.05) is 25.0 Å². The van der Waals surface area contributed by atoms with Crippen LogP contribution < -0.4 is 10.1 Å². The quantitative estimate of drug-likeness (QED) is 0.770. The van der Waals surface area contributed by atoms with Crippen molar-refractivity contribution < 1.29 is 9.53 Å². The maximum atomic E-state index is 12.8. The van der Waals surface area contributed by atoms with Gasteiger partial charge in [-0.3, -0.25) is 4.79 Å². The van der Waals surface area contributed by atoms with Crippen LogP contribution in [0.1, 0.15) is 33.4 Å². The normalized spacial score (nSPS) is 11.4. The average Bonchev–Trinajstić information content (AvgIpc) is 3.11. The van der Waals surface area contributed by atoms with Gasteiger partial charge in [-0.05, 0) is 35.9 Å². The summed E-state index contributed by atoms with van der Waals surface area (Å²) in [5.74, 6) is 1.11. The number of rotatable bonds is 5. The van der Waals surface area contributed by atoms with E-state index in [4.69, 9.17) is 10.00 Å². The molecule has 1 heterocycles. The molecule has 3 aromatic rings. The van der Waals surface area contributed by atoms with Crippen molar-refractivity contribution >= 4 is 5.91 Å². The third kappa shape index (κ3) is 3.57. The van der Waals surface area contributed by atoms with Gasteiger partial charge in [-0.1, -0.05) is 18.2 Å². The lowest BCUT2D eigenvalue weighted by Crippen LogP contribution is -2.31. The number of nitriles is 1. The first-order valence-electron chi connectivity index (χ1n) is 8.04. The molecule has 0 aliphatic heterocycles. The van der Waals surface area contributed by atoms with Crippen LogP contribution in [0.5, 0.6) is 5.75 Å². The second-order valence-corrected chi connectivity index (χ2v) is 5.77. The molecule has 1 amide bonds. The molecule has 2 aromatic carbocycles. The Balaban J connectivity index is 1.97. The number of hydrogen-bond donors (Lipinski definition) is 1. The Morgan fingerprint density at radius 3 is 2.77 bits per heavy atom. The average molecular weight is 346 g/mol. The number of methoxy groups -OCH3 is 1. The molecule has 0 aliphatic carbocycles. The number of imidazole rings is 1. The lowest BCUT2D eigenvalue weighted by molar-refractivity contribution is 0.0941. The van der Waals surface area contributed by atoms with Gasteiger partial charge in [-0.25, -0.2) is 4.98 Å². The van der Waals surface area contributed by atoms with E-state index in [2.05, 4.69) is 10.3 Å². The van der Waals surface area contributed by atoms with Crippen LogP contribution in [0.2, 0.25) is 0 Å². The van der Waals surface area contributed by atoms with Crippen molar-refractivity contribution in [2.24, 2.45) is 7.05 Å². The van der Waals surface area contributed by atoms with Crippen LogP contribution in [0, 0.1) is 11.3 Å². The molecule has 1 atom stereocenters. The van der Waals surface area contributed by atoms with Crippen LogP contribution in [-0.4, -0.2) is 22.6 Å². The third-order valence-corrected chi connectivity index (χ3v) is 4.07. The van der Waals surface area contributed by atoms with Gasteiger partial charge in [0.1, 0.15) is 17.6 Å². The SMILES string of the molecule is COc1cccc(C(NC(=O)c2cccc(C#N)c2)c2nccn2C)c1. The molecule has 3 rings (SSSR count). The number of carbonyl (C=O) groups excluding carboxylic acids is 1. The molecule has 6 nitrogen and oxygen atoms in total. The molecular weight excluding hydrogens is 328 g/mol. The molecule has 0 saturated carbocycles. The summed E-state index contributed by atoms with van der Waals surface area (Å²) in [5, 5.41) is 12.0. The molecule has 0 fully saturated rings. The Labute approximate surface area is 151 Å². The summed E-state index contributed by atoms with van der Waals surface area (Å²) in [6, 6.07) is 15.7. The molecule has 1 aromatic heterocycles. The first-order valence-corrected chi connectivity index (χ1v) is 8.04. The Morgan fingerprint density at radius 1 is 1.27 bits per heavy atom. The standard InChI is InChI=1S/C20H18N4O2/c1-24-10-9-22-19(24)18(15-6-4-8-17(12-15)26-2)23-20(25)16-7-3-5-14(11-16)13-21/h3-12,18H,1-2H3,(H,23,25). The van der Waals surface area contributed by atoms with Crippen molar-refractivity contribution in [3.63, 3.8) is 0 Å². The first kappa shape index (κ1) is 17.2. The second kappa shape index (κ2) is 7.53. The van der Waals surface area contributed by atoms with Crippen molar-refractivity contribution in [2.75, 3.05) is 7.11 Å². The number of hydrogen-bond acceptors (Lipinski definition) is 4. The molecule has 0 aliphatic rings. The van der Waals surface area contributed by atoms with Crippen molar-refractivity contribution in [3.8, 4) is 11.8 Å². The molecule has 130 valence electrons. The molecule has 6 heteroatoms. The number of amides is 1. The predicted molar refractivity (Wildman–Crippen MR) is 96.7 cm³/mol. The zero-order valence-electron chi connectivity index (χ0n) is 14.5. The lowest BCUT2D eigenvalue weighted by Gasteiger charge is -2.20. The van der Waals surface area contributed by atoms with E-state index in [9.17, 15) is 4.79 Å². The number of benzene rings is 2. The molecule has 0 radical (unpaired) electrons. The van der Waals surface area contributed by atoms with E-state index in [1.807, 2.05) is 48.1 Å². The van der Waals surface area contributed by atoms with Crippen molar-refractivity contribution in [1.82, 2.24) is 14.9 Å². The fourth-order valence-electron chi connectivity index (χ4n) is 2.72. The molecule has 1 N–H and O–H groups in total. The monoisotopic (exact) mass is 346 g/mol. The van der Waals surface area contributed by atoms with Crippen molar-refractivity contribution in [1.29, 1.82) is 5.26 Å². The smallest absolute Gasteiger partial charge is 0.252 e. The van der Waals surface area contributed by atoms with Crippen LogP contribution >= 0.6 is 0 Å². The molecule has 26 heavy (non-hydrogen) atoms. The lowest BCUT2D eigenvalue weighted by atomic mass is 10.0. The minimum atomic E-state index is -0.455. The van der Waals surface area contributed by atoms with Gasteiger partial charge in [0.25, 0.3) is 5.91 Å². The van der Waals surface area contributed by atoms with E-state index < -0.39 is 6.04 Å². The van der Waals surface area contributed by atoms with Gasteiger partial charge in [0.05, 0.1) is 18.7 Å². The molecular formula is C20H18N4O2. The fourth-order valence-corrected chi connectivity index (χ4v) is 2.72. The molecule has 0 bridgehead atoms. The maximum Gasteiger partial charge on any atom is 0.252 e. The highest BCUT2D eigenvalue weighted by molar-refractivity contribution is 5.95. The molecule has 0 saturated heterocycles. The summed E-state index contributed by atoms with van der Waals surface area (Å²) < 4.78 is 7.15. The molecule has 0 spiro atoms. The number of aromatic nitrogens is 2. The number of nitrogens with zero attached hydrogens (tertiary/aromatic N) is 3. The van der Waals surface area contributed by atoms with Gasteiger partial charge < -0.3 is 14.6 Å². The number of aryl methyl sites for hydroxylation is 1. The summed E-state index contributed by atoms with van der Waals surface area (Å²) in [6.07, 6.45) is 3.51. The van der Waals surface area contributed by atoms with E-state index in [1.54, 1.807) is 37.6 Å². The predicted octanol–water partition coefficient (Wildman–Crippen LogP) is 2.82. The van der Waals surface area contributed by atoms with Crippen LogP contribution in [0.3, 0.4) is 0 Å². The van der Waals surface area contributed by atoms with E-state index in [0.717, 1.165) is 5.56 Å². The molecule has 1 unspecified atom stereocenters. The van der Waals surface area contributed by atoms with Crippen LogP contribution in [0.25, 0.3) is 0 Å². The Morgan fingerprint density at radius 2 is 2.08 bits per heavy atom. The van der Waals surface area contributed by atoms with Gasteiger partial charge in [0.15, 0.2) is 0 Å². The Bertz CT molecular complexity index is 972. The Hall–Kier alpha value is -3.59. The minimum Gasteiger partial charge on any atom is -0.497 e. The number of carbonyl (C=O) groups is 1. The van der Waals surface area contributed by atoms with Crippen LogP contribution in [-0.2, 0) is 7.05 Å². The van der Waals surface area contributed by atoms with Crippen LogP contribution in [0.15, 0.2) is 60.9 Å². The summed E-state index contributed by atoms with van der Waals surface area (Å²) >= 11 is 0. The fraction of sp³-hybridized carbons (Fsp3) is 0.150. The summed E-state index contributed by atoms with van der Waals surface area (Å²) in [4.78, 5) is 17.2. The highest BCUT2D eigenvalue weighted by Gasteiger charge is 2.22. The topological polar surface area (TPSA) is 79.9 Å². The third-order valence-electron chi connectivity index (χ3n) is 4.07. The minimum absolute atomic E-state index is 0.280. The summed E-state index contributed by atoms with van der Waals surface area (Å²) in [6.45, 7) is 0. The Kier molecular flexibility index (Phi) is 4.99. The van der Waals surface area contributed by atoms with Crippen molar-refractivity contribution in [3.05, 3.63) is 83.4 Å². The van der Waals surface area contributed by atoms with Crippen LogP contribution in [0.4, 0.5) is 0 Å². The zero-order valence-corrected chi connectivity index (χ0v) is 14.5. The number of ether oxygens (including phenoxy) is 1. The van der Waals surface area contributed by atoms with E-state index >= 15 is 0 Å². The van der Waals surface area contributed by atoms with Gasteiger partial charge in [-0.15, -0.1) is 0 Å². The highest BCUT2D eigenvalue weighted by atomic mass is 16.5. The van der Waals surface area contributed by atoms with E-state index in [-0.39, 0.29) is 5.91 Å². The summed E-state index contributed by atoms with van der Waals surface area (Å²) in [5.41, 5.74) is 1.71. The summed E-state index contributed by atoms with van der Waals surface area (Å²) in [7, 11) is 3.47. The largest absolute Gasteiger partial charge is 0.497 e.